The first-order chi connectivity index (χ1) is 8.54. The van der Waals surface area contributed by atoms with Crippen molar-refractivity contribution in [3.63, 3.8) is 0 Å². The van der Waals surface area contributed by atoms with Crippen molar-refractivity contribution in [2.75, 3.05) is 6.61 Å². The minimum Gasteiger partial charge on any atom is -0.384 e. The first-order valence-corrected chi connectivity index (χ1v) is 6.87. The van der Waals surface area contributed by atoms with Crippen molar-refractivity contribution in [1.82, 2.24) is 5.32 Å². The van der Waals surface area contributed by atoms with E-state index in [4.69, 9.17) is 5.11 Å². The maximum absolute atomic E-state index is 11.8. The van der Waals surface area contributed by atoms with Crippen molar-refractivity contribution in [3.05, 3.63) is 21.9 Å². The molecule has 1 amide bonds. The number of carbonyl (C=O) groups excluding carboxylic acids is 1. The van der Waals surface area contributed by atoms with Gasteiger partial charge in [-0.15, -0.1) is 11.3 Å². The second-order valence-corrected chi connectivity index (χ2v) is 5.51. The summed E-state index contributed by atoms with van der Waals surface area (Å²) >= 11 is 1.56. The molecule has 0 aliphatic carbocycles. The van der Waals surface area contributed by atoms with Gasteiger partial charge in [-0.25, -0.2) is 0 Å². The van der Waals surface area contributed by atoms with Crippen molar-refractivity contribution in [3.8, 4) is 11.8 Å². The molecule has 0 saturated carbocycles. The number of nitrogens with one attached hydrogen (secondary N) is 1. The standard InChI is InChI=1S/C14H19NO2S/c1-10(2)11(3)14(17)15-8-13-7-12(9-18-13)5-4-6-16/h7,9-11,16H,6,8H2,1-3H3,(H,15,17). The highest BCUT2D eigenvalue weighted by Crippen LogP contribution is 2.14. The van der Waals surface area contributed by atoms with Gasteiger partial charge < -0.3 is 10.4 Å². The summed E-state index contributed by atoms with van der Waals surface area (Å²) < 4.78 is 0. The van der Waals surface area contributed by atoms with Gasteiger partial charge in [-0.3, -0.25) is 4.79 Å². The summed E-state index contributed by atoms with van der Waals surface area (Å²) in [7, 11) is 0. The van der Waals surface area contributed by atoms with E-state index in [0.29, 0.717) is 12.5 Å². The molecule has 0 aliphatic heterocycles. The number of aliphatic hydroxyl groups is 1. The van der Waals surface area contributed by atoms with E-state index in [1.165, 1.54) is 0 Å². The minimum absolute atomic E-state index is 0.0265. The van der Waals surface area contributed by atoms with E-state index >= 15 is 0 Å². The molecule has 3 nitrogen and oxygen atoms in total. The van der Waals surface area contributed by atoms with Crippen LogP contribution in [-0.2, 0) is 11.3 Å². The van der Waals surface area contributed by atoms with Crippen LogP contribution in [0.15, 0.2) is 11.4 Å². The molecule has 1 rings (SSSR count). The molecule has 0 bridgehead atoms. The highest BCUT2D eigenvalue weighted by atomic mass is 32.1. The first kappa shape index (κ1) is 14.7. The second kappa shape index (κ2) is 7.20. The van der Waals surface area contributed by atoms with E-state index < -0.39 is 0 Å². The van der Waals surface area contributed by atoms with Crippen molar-refractivity contribution in [1.29, 1.82) is 0 Å². The zero-order valence-electron chi connectivity index (χ0n) is 11.0. The van der Waals surface area contributed by atoms with Crippen molar-refractivity contribution < 1.29 is 9.90 Å². The molecule has 1 aromatic rings. The van der Waals surface area contributed by atoms with E-state index in [-0.39, 0.29) is 18.4 Å². The van der Waals surface area contributed by atoms with Gasteiger partial charge >= 0.3 is 0 Å². The number of rotatable bonds is 4. The molecule has 1 heterocycles. The summed E-state index contributed by atoms with van der Waals surface area (Å²) in [5, 5.41) is 13.4. The minimum atomic E-state index is -0.131. The van der Waals surface area contributed by atoms with E-state index in [9.17, 15) is 4.79 Å². The third kappa shape index (κ3) is 4.52. The van der Waals surface area contributed by atoms with Crippen LogP contribution in [0.25, 0.3) is 0 Å². The number of amides is 1. The maximum Gasteiger partial charge on any atom is 0.223 e. The Hall–Kier alpha value is -1.31. The fraction of sp³-hybridized carbons (Fsp3) is 0.500. The van der Waals surface area contributed by atoms with Crippen LogP contribution in [0.4, 0.5) is 0 Å². The van der Waals surface area contributed by atoms with Crippen molar-refractivity contribution in [2.24, 2.45) is 11.8 Å². The molecule has 0 aliphatic rings. The van der Waals surface area contributed by atoms with Gasteiger partial charge in [0.1, 0.15) is 6.61 Å². The average molecular weight is 265 g/mol. The predicted octanol–water partition coefficient (Wildman–Crippen LogP) is 2.00. The van der Waals surface area contributed by atoms with Gasteiger partial charge in [0.05, 0.1) is 6.54 Å². The number of hydrogen-bond acceptors (Lipinski definition) is 3. The zero-order valence-corrected chi connectivity index (χ0v) is 11.8. The molecule has 18 heavy (non-hydrogen) atoms. The predicted molar refractivity (Wildman–Crippen MR) is 74.1 cm³/mol. The van der Waals surface area contributed by atoms with Gasteiger partial charge in [0, 0.05) is 21.7 Å². The number of hydrogen-bond donors (Lipinski definition) is 2. The van der Waals surface area contributed by atoms with Crippen LogP contribution in [0.2, 0.25) is 0 Å². The lowest BCUT2D eigenvalue weighted by Crippen LogP contribution is -2.31. The van der Waals surface area contributed by atoms with Gasteiger partial charge in [-0.2, -0.15) is 0 Å². The molecule has 0 spiro atoms. The number of thiophene rings is 1. The second-order valence-electron chi connectivity index (χ2n) is 4.51. The Kier molecular flexibility index (Phi) is 5.90. The zero-order chi connectivity index (χ0) is 13.5. The molecule has 98 valence electrons. The van der Waals surface area contributed by atoms with Gasteiger partial charge in [-0.1, -0.05) is 32.6 Å². The van der Waals surface area contributed by atoms with Crippen molar-refractivity contribution >= 4 is 17.2 Å². The van der Waals surface area contributed by atoms with Gasteiger partial charge in [0.2, 0.25) is 5.91 Å². The van der Waals surface area contributed by atoms with Crippen molar-refractivity contribution in [2.45, 2.75) is 27.3 Å². The molecular formula is C14H19NO2S. The Labute approximate surface area is 112 Å². The monoisotopic (exact) mass is 265 g/mol. The normalized spacial score (nSPS) is 11.8. The maximum atomic E-state index is 11.8. The van der Waals surface area contributed by atoms with Gasteiger partial charge in [0.15, 0.2) is 0 Å². The highest BCUT2D eigenvalue weighted by molar-refractivity contribution is 7.10. The molecule has 4 heteroatoms. The molecule has 1 unspecified atom stereocenters. The Morgan fingerprint density at radius 2 is 2.22 bits per heavy atom. The lowest BCUT2D eigenvalue weighted by atomic mass is 9.97. The Morgan fingerprint density at radius 1 is 1.50 bits per heavy atom. The van der Waals surface area contributed by atoms with Gasteiger partial charge in [-0.05, 0) is 12.0 Å². The molecule has 0 radical (unpaired) electrons. The van der Waals surface area contributed by atoms with Crippen LogP contribution in [0, 0.1) is 23.7 Å². The lowest BCUT2D eigenvalue weighted by molar-refractivity contribution is -0.125. The molecule has 1 atom stereocenters. The molecular weight excluding hydrogens is 246 g/mol. The van der Waals surface area contributed by atoms with Crippen LogP contribution in [-0.4, -0.2) is 17.6 Å². The third-order valence-corrected chi connectivity index (χ3v) is 3.75. The van der Waals surface area contributed by atoms with E-state index in [0.717, 1.165) is 10.4 Å². The summed E-state index contributed by atoms with van der Waals surface area (Å²) in [4.78, 5) is 12.8. The molecule has 0 aromatic carbocycles. The van der Waals surface area contributed by atoms with E-state index in [1.807, 2.05) is 32.2 Å². The third-order valence-electron chi connectivity index (χ3n) is 2.82. The fourth-order valence-electron chi connectivity index (χ4n) is 1.32. The molecule has 0 saturated heterocycles. The fourth-order valence-corrected chi connectivity index (χ4v) is 2.07. The van der Waals surface area contributed by atoms with Crippen LogP contribution < -0.4 is 5.32 Å². The summed E-state index contributed by atoms with van der Waals surface area (Å²) in [6.07, 6.45) is 0. The number of aliphatic hydroxyl groups excluding tert-OH is 1. The molecule has 2 N–H and O–H groups in total. The smallest absolute Gasteiger partial charge is 0.223 e. The van der Waals surface area contributed by atoms with Crippen LogP contribution in [0.3, 0.4) is 0 Å². The topological polar surface area (TPSA) is 49.3 Å². The summed E-state index contributed by atoms with van der Waals surface area (Å²) in [5.41, 5.74) is 0.884. The quantitative estimate of drug-likeness (QED) is 0.818. The summed E-state index contributed by atoms with van der Waals surface area (Å²) in [6, 6.07) is 1.94. The van der Waals surface area contributed by atoms with E-state index in [2.05, 4.69) is 17.2 Å². The average Bonchev–Trinajstić information content (AvgIpc) is 2.80. The Bertz CT molecular complexity index is 454. The largest absolute Gasteiger partial charge is 0.384 e. The molecule has 1 aromatic heterocycles. The summed E-state index contributed by atoms with van der Waals surface area (Å²) in [6.45, 7) is 6.43. The van der Waals surface area contributed by atoms with Gasteiger partial charge in [0.25, 0.3) is 0 Å². The highest BCUT2D eigenvalue weighted by Gasteiger charge is 2.16. The van der Waals surface area contributed by atoms with E-state index in [1.54, 1.807) is 11.3 Å². The Balaban J connectivity index is 2.49. The SMILES string of the molecule is CC(C)C(C)C(=O)NCc1cc(C#CCO)cs1. The van der Waals surface area contributed by atoms with Crippen LogP contribution >= 0.6 is 11.3 Å². The summed E-state index contributed by atoms with van der Waals surface area (Å²) in [5.74, 6) is 5.90. The molecule has 0 fully saturated rings. The lowest BCUT2D eigenvalue weighted by Gasteiger charge is -2.14. The number of carbonyl (C=O) groups is 1. The van der Waals surface area contributed by atoms with Crippen LogP contribution in [0.1, 0.15) is 31.2 Å². The van der Waals surface area contributed by atoms with Crippen LogP contribution in [0.5, 0.6) is 0 Å². The first-order valence-electron chi connectivity index (χ1n) is 5.99. The Morgan fingerprint density at radius 3 is 2.83 bits per heavy atom.